The van der Waals surface area contributed by atoms with E-state index in [9.17, 15) is 0 Å². The summed E-state index contributed by atoms with van der Waals surface area (Å²) in [5.41, 5.74) is 1.54. The van der Waals surface area contributed by atoms with Crippen LogP contribution in [0.3, 0.4) is 0 Å². The summed E-state index contributed by atoms with van der Waals surface area (Å²) in [7, 11) is 0. The first kappa shape index (κ1) is 12.6. The second-order valence-electron chi connectivity index (χ2n) is 7.08. The predicted molar refractivity (Wildman–Crippen MR) is 70.0 cm³/mol. The molecule has 1 saturated carbocycles. The molecule has 1 atom stereocenters. The first-order valence-corrected chi connectivity index (χ1v) is 6.73. The number of nitrogens with zero attached hydrogens (tertiary/aromatic N) is 3. The van der Waals surface area contributed by atoms with Gasteiger partial charge in [-0.3, -0.25) is 0 Å². The van der Waals surface area contributed by atoms with Gasteiger partial charge in [-0.05, 0) is 18.3 Å². The zero-order chi connectivity index (χ0) is 12.7. The van der Waals surface area contributed by atoms with Gasteiger partial charge >= 0.3 is 0 Å². The Bertz CT molecular complexity index is 384. The third-order valence-electron chi connectivity index (χ3n) is 4.05. The largest absolute Gasteiger partial charge is 0.249 e. The lowest BCUT2D eigenvalue weighted by molar-refractivity contribution is 0.131. The van der Waals surface area contributed by atoms with E-state index in [2.05, 4.69) is 55.8 Å². The summed E-state index contributed by atoms with van der Waals surface area (Å²) in [6.07, 6.45) is 7.35. The molecule has 2 rings (SSSR count). The van der Waals surface area contributed by atoms with Crippen molar-refractivity contribution in [2.24, 2.45) is 5.41 Å². The van der Waals surface area contributed by atoms with Crippen LogP contribution >= 0.6 is 0 Å². The van der Waals surface area contributed by atoms with Crippen LogP contribution in [0.1, 0.15) is 72.0 Å². The summed E-state index contributed by atoms with van der Waals surface area (Å²) in [5, 5.41) is 8.71. The average Bonchev–Trinajstić information content (AvgIpc) is 2.65. The molecule has 1 heterocycles. The minimum Gasteiger partial charge on any atom is -0.249 e. The Balaban J connectivity index is 2.25. The van der Waals surface area contributed by atoms with Crippen LogP contribution in [0.5, 0.6) is 0 Å². The lowest BCUT2D eigenvalue weighted by Crippen LogP contribution is -2.30. The SMILES string of the molecule is CC(C)(C)c1cn(C2CCCCC2(C)C)nn1. The molecule has 1 aromatic heterocycles. The molecule has 1 unspecified atom stereocenters. The Hall–Kier alpha value is -0.860. The van der Waals surface area contributed by atoms with Crippen LogP contribution in [-0.2, 0) is 5.41 Å². The molecule has 0 aromatic carbocycles. The number of hydrogen-bond donors (Lipinski definition) is 0. The molecule has 3 nitrogen and oxygen atoms in total. The van der Waals surface area contributed by atoms with E-state index in [1.54, 1.807) is 0 Å². The van der Waals surface area contributed by atoms with Gasteiger partial charge in [-0.1, -0.05) is 52.7 Å². The van der Waals surface area contributed by atoms with Crippen molar-refractivity contribution in [1.29, 1.82) is 0 Å². The molecule has 1 aromatic rings. The molecule has 96 valence electrons. The molecule has 1 fully saturated rings. The fraction of sp³-hybridized carbons (Fsp3) is 0.857. The van der Waals surface area contributed by atoms with Crippen LogP contribution in [0.4, 0.5) is 0 Å². The van der Waals surface area contributed by atoms with E-state index in [1.165, 1.54) is 25.7 Å². The van der Waals surface area contributed by atoms with Crippen molar-refractivity contribution in [3.63, 3.8) is 0 Å². The summed E-state index contributed by atoms with van der Waals surface area (Å²) in [5.74, 6) is 0. The zero-order valence-corrected chi connectivity index (χ0v) is 11.8. The second-order valence-corrected chi connectivity index (χ2v) is 7.08. The van der Waals surface area contributed by atoms with Crippen LogP contribution in [0, 0.1) is 5.41 Å². The van der Waals surface area contributed by atoms with Gasteiger partial charge in [0, 0.05) is 11.6 Å². The van der Waals surface area contributed by atoms with Crippen LogP contribution in [0.25, 0.3) is 0 Å². The molecule has 0 spiro atoms. The highest BCUT2D eigenvalue weighted by Gasteiger charge is 2.34. The Labute approximate surface area is 105 Å². The second kappa shape index (κ2) is 4.11. The van der Waals surface area contributed by atoms with Crippen molar-refractivity contribution in [3.05, 3.63) is 11.9 Å². The standard InChI is InChI=1S/C14H25N3/c1-13(2,3)11-10-17(16-15-11)12-8-6-7-9-14(12,4)5/h10,12H,6-9H2,1-5H3. The van der Waals surface area contributed by atoms with Crippen molar-refractivity contribution >= 4 is 0 Å². The Kier molecular flexibility index (Phi) is 3.04. The number of aromatic nitrogens is 3. The number of hydrogen-bond acceptors (Lipinski definition) is 2. The molecule has 0 bridgehead atoms. The molecular formula is C14H25N3. The van der Waals surface area contributed by atoms with Gasteiger partial charge < -0.3 is 0 Å². The number of rotatable bonds is 1. The molecule has 0 radical (unpaired) electrons. The fourth-order valence-corrected chi connectivity index (χ4v) is 2.74. The zero-order valence-electron chi connectivity index (χ0n) is 11.8. The monoisotopic (exact) mass is 235 g/mol. The van der Waals surface area contributed by atoms with E-state index in [-0.39, 0.29) is 5.41 Å². The summed E-state index contributed by atoms with van der Waals surface area (Å²) < 4.78 is 2.11. The Morgan fingerprint density at radius 2 is 2.00 bits per heavy atom. The smallest absolute Gasteiger partial charge is 0.0880 e. The normalized spacial score (nSPS) is 24.9. The van der Waals surface area contributed by atoms with Gasteiger partial charge in [0.2, 0.25) is 0 Å². The van der Waals surface area contributed by atoms with E-state index < -0.39 is 0 Å². The van der Waals surface area contributed by atoms with E-state index >= 15 is 0 Å². The maximum atomic E-state index is 4.37. The molecule has 0 amide bonds. The molecule has 0 aliphatic heterocycles. The molecule has 3 heteroatoms. The highest BCUT2D eigenvalue weighted by atomic mass is 15.4. The molecule has 17 heavy (non-hydrogen) atoms. The van der Waals surface area contributed by atoms with Crippen molar-refractivity contribution < 1.29 is 0 Å². The van der Waals surface area contributed by atoms with E-state index in [4.69, 9.17) is 0 Å². The van der Waals surface area contributed by atoms with Gasteiger partial charge in [-0.25, -0.2) is 4.68 Å². The van der Waals surface area contributed by atoms with Gasteiger partial charge in [0.25, 0.3) is 0 Å². The Morgan fingerprint density at radius 3 is 2.53 bits per heavy atom. The van der Waals surface area contributed by atoms with E-state index in [0.29, 0.717) is 11.5 Å². The van der Waals surface area contributed by atoms with Crippen molar-refractivity contribution in [2.45, 2.75) is 71.8 Å². The third-order valence-corrected chi connectivity index (χ3v) is 4.05. The maximum Gasteiger partial charge on any atom is 0.0880 e. The molecule has 1 aliphatic rings. The first-order valence-electron chi connectivity index (χ1n) is 6.73. The van der Waals surface area contributed by atoms with E-state index in [0.717, 1.165) is 5.69 Å². The summed E-state index contributed by atoms with van der Waals surface area (Å²) in [4.78, 5) is 0. The van der Waals surface area contributed by atoms with E-state index in [1.807, 2.05) is 0 Å². The van der Waals surface area contributed by atoms with Crippen LogP contribution < -0.4 is 0 Å². The van der Waals surface area contributed by atoms with Crippen LogP contribution in [0.15, 0.2) is 6.20 Å². The molecule has 0 N–H and O–H groups in total. The minimum absolute atomic E-state index is 0.0943. The third kappa shape index (κ3) is 2.53. The summed E-state index contributed by atoms with van der Waals surface area (Å²) >= 11 is 0. The predicted octanol–water partition coefficient (Wildman–Crippen LogP) is 3.72. The van der Waals surface area contributed by atoms with Gasteiger partial charge in [0.15, 0.2) is 0 Å². The summed E-state index contributed by atoms with van der Waals surface area (Å²) in [6, 6.07) is 0.514. The van der Waals surface area contributed by atoms with Gasteiger partial charge in [-0.15, -0.1) is 5.10 Å². The summed E-state index contributed by atoms with van der Waals surface area (Å²) in [6.45, 7) is 11.3. The average molecular weight is 235 g/mol. The molecule has 1 aliphatic carbocycles. The Morgan fingerprint density at radius 1 is 1.29 bits per heavy atom. The highest BCUT2D eigenvalue weighted by molar-refractivity contribution is 5.07. The van der Waals surface area contributed by atoms with Crippen molar-refractivity contribution in [3.8, 4) is 0 Å². The molecule has 0 saturated heterocycles. The van der Waals surface area contributed by atoms with Crippen LogP contribution in [-0.4, -0.2) is 15.0 Å². The topological polar surface area (TPSA) is 30.7 Å². The van der Waals surface area contributed by atoms with Gasteiger partial charge in [0.05, 0.1) is 11.7 Å². The maximum absolute atomic E-state index is 4.37. The van der Waals surface area contributed by atoms with Gasteiger partial charge in [-0.2, -0.15) is 0 Å². The first-order chi connectivity index (χ1) is 7.81. The quantitative estimate of drug-likeness (QED) is 0.742. The van der Waals surface area contributed by atoms with Crippen molar-refractivity contribution in [2.75, 3.05) is 0 Å². The van der Waals surface area contributed by atoms with Crippen molar-refractivity contribution in [1.82, 2.24) is 15.0 Å². The van der Waals surface area contributed by atoms with Gasteiger partial charge in [0.1, 0.15) is 0 Å². The highest BCUT2D eigenvalue weighted by Crippen LogP contribution is 2.43. The molecular weight excluding hydrogens is 210 g/mol. The fourth-order valence-electron chi connectivity index (χ4n) is 2.74. The lowest BCUT2D eigenvalue weighted by atomic mass is 9.73. The van der Waals surface area contributed by atoms with Crippen LogP contribution in [0.2, 0.25) is 0 Å². The lowest BCUT2D eigenvalue weighted by Gasteiger charge is -2.38. The minimum atomic E-state index is 0.0943.